The van der Waals surface area contributed by atoms with Crippen molar-refractivity contribution in [1.29, 1.82) is 0 Å². The van der Waals surface area contributed by atoms with Crippen molar-refractivity contribution >= 4 is 5.82 Å². The largest absolute Gasteiger partial charge is 0.378 e. The first-order valence-corrected chi connectivity index (χ1v) is 4.05. The Hall–Kier alpha value is -1.10. The summed E-state index contributed by atoms with van der Waals surface area (Å²) in [6, 6.07) is 0. The van der Waals surface area contributed by atoms with Crippen molar-refractivity contribution in [2.24, 2.45) is 7.05 Å². The van der Waals surface area contributed by atoms with Gasteiger partial charge in [0.2, 0.25) is 0 Å². The van der Waals surface area contributed by atoms with Crippen LogP contribution in [0.5, 0.6) is 0 Å². The molecule has 1 aliphatic rings. The van der Waals surface area contributed by atoms with Crippen LogP contribution in [0, 0.1) is 0 Å². The van der Waals surface area contributed by atoms with E-state index in [0.717, 1.165) is 32.1 Å². The first-order chi connectivity index (χ1) is 5.88. The summed E-state index contributed by atoms with van der Waals surface area (Å²) in [7, 11) is 1.90. The number of ether oxygens (including phenoxy) is 1. The van der Waals surface area contributed by atoms with E-state index in [4.69, 9.17) is 4.74 Å². The standard InChI is InChI=1S/C7H12N4O/c1-10-7(6-8-9-10)11-2-4-12-5-3-11/h6H,2-5H2,1H3. The highest BCUT2D eigenvalue weighted by molar-refractivity contribution is 5.35. The predicted molar refractivity (Wildman–Crippen MR) is 44.0 cm³/mol. The van der Waals surface area contributed by atoms with Crippen LogP contribution in [0.3, 0.4) is 0 Å². The summed E-state index contributed by atoms with van der Waals surface area (Å²) in [5.41, 5.74) is 0. The van der Waals surface area contributed by atoms with E-state index in [9.17, 15) is 0 Å². The molecule has 12 heavy (non-hydrogen) atoms. The van der Waals surface area contributed by atoms with Gasteiger partial charge in [-0.15, -0.1) is 5.10 Å². The molecule has 1 aliphatic heterocycles. The number of aryl methyl sites for hydroxylation is 1. The molecule has 2 heterocycles. The molecule has 0 saturated carbocycles. The molecule has 1 saturated heterocycles. The van der Waals surface area contributed by atoms with Gasteiger partial charge in [0.25, 0.3) is 0 Å². The third-order valence-corrected chi connectivity index (χ3v) is 2.03. The summed E-state index contributed by atoms with van der Waals surface area (Å²) >= 11 is 0. The fraction of sp³-hybridized carbons (Fsp3) is 0.714. The molecule has 0 amide bonds. The fourth-order valence-corrected chi connectivity index (χ4v) is 1.36. The molecule has 0 spiro atoms. The zero-order valence-corrected chi connectivity index (χ0v) is 7.10. The third-order valence-electron chi connectivity index (χ3n) is 2.03. The molecule has 2 rings (SSSR count). The van der Waals surface area contributed by atoms with Gasteiger partial charge in [-0.25, -0.2) is 4.68 Å². The number of anilines is 1. The van der Waals surface area contributed by atoms with Crippen LogP contribution in [-0.4, -0.2) is 41.3 Å². The summed E-state index contributed by atoms with van der Waals surface area (Å²) in [6.45, 7) is 3.46. The lowest BCUT2D eigenvalue weighted by molar-refractivity contribution is 0.122. The summed E-state index contributed by atoms with van der Waals surface area (Å²) in [6.07, 6.45) is 1.78. The minimum Gasteiger partial charge on any atom is -0.378 e. The Morgan fingerprint density at radius 2 is 2.17 bits per heavy atom. The zero-order valence-electron chi connectivity index (χ0n) is 7.10. The summed E-state index contributed by atoms with van der Waals surface area (Å²) in [5, 5.41) is 7.70. The van der Waals surface area contributed by atoms with Crippen molar-refractivity contribution in [2.75, 3.05) is 31.2 Å². The van der Waals surface area contributed by atoms with Crippen molar-refractivity contribution in [1.82, 2.24) is 15.0 Å². The number of rotatable bonds is 1. The Bertz CT molecular complexity index is 254. The topological polar surface area (TPSA) is 43.2 Å². The normalized spacial score (nSPS) is 18.2. The molecule has 1 aromatic rings. The van der Waals surface area contributed by atoms with Crippen LogP contribution in [0.15, 0.2) is 6.20 Å². The Morgan fingerprint density at radius 3 is 2.75 bits per heavy atom. The molecule has 5 heteroatoms. The highest BCUT2D eigenvalue weighted by Gasteiger charge is 2.13. The van der Waals surface area contributed by atoms with E-state index in [1.54, 1.807) is 10.9 Å². The van der Waals surface area contributed by atoms with Gasteiger partial charge in [0.1, 0.15) is 5.82 Å². The predicted octanol–water partition coefficient (Wildman–Crippen LogP) is -0.348. The van der Waals surface area contributed by atoms with Crippen LogP contribution in [0.1, 0.15) is 0 Å². The molecule has 0 radical (unpaired) electrons. The molecule has 0 aliphatic carbocycles. The van der Waals surface area contributed by atoms with E-state index in [1.807, 2.05) is 7.05 Å². The van der Waals surface area contributed by atoms with Crippen molar-refractivity contribution in [3.8, 4) is 0 Å². The maximum absolute atomic E-state index is 5.25. The van der Waals surface area contributed by atoms with Gasteiger partial charge < -0.3 is 9.64 Å². The van der Waals surface area contributed by atoms with Gasteiger partial charge in [-0.3, -0.25) is 0 Å². The third kappa shape index (κ3) is 1.27. The van der Waals surface area contributed by atoms with Gasteiger partial charge in [-0.2, -0.15) is 0 Å². The quantitative estimate of drug-likeness (QED) is 0.575. The number of hydrogen-bond acceptors (Lipinski definition) is 4. The molecule has 0 bridgehead atoms. The summed E-state index contributed by atoms with van der Waals surface area (Å²) in [4.78, 5) is 2.23. The molecular formula is C7H12N4O. The summed E-state index contributed by atoms with van der Waals surface area (Å²) < 4.78 is 7.03. The minimum absolute atomic E-state index is 0.797. The smallest absolute Gasteiger partial charge is 0.147 e. The minimum atomic E-state index is 0.797. The van der Waals surface area contributed by atoms with E-state index in [2.05, 4.69) is 15.2 Å². The maximum atomic E-state index is 5.25. The fourth-order valence-electron chi connectivity index (χ4n) is 1.36. The van der Waals surface area contributed by atoms with Crippen LogP contribution >= 0.6 is 0 Å². The van der Waals surface area contributed by atoms with Crippen molar-refractivity contribution < 1.29 is 4.74 Å². The Morgan fingerprint density at radius 1 is 1.42 bits per heavy atom. The highest BCUT2D eigenvalue weighted by atomic mass is 16.5. The van der Waals surface area contributed by atoms with E-state index < -0.39 is 0 Å². The van der Waals surface area contributed by atoms with Crippen LogP contribution in [0.25, 0.3) is 0 Å². The maximum Gasteiger partial charge on any atom is 0.147 e. The molecule has 0 atom stereocenters. The Kier molecular flexibility index (Phi) is 1.95. The number of aromatic nitrogens is 3. The van der Waals surface area contributed by atoms with Crippen LogP contribution in [0.4, 0.5) is 5.82 Å². The molecule has 5 nitrogen and oxygen atoms in total. The zero-order chi connectivity index (χ0) is 8.39. The highest BCUT2D eigenvalue weighted by Crippen LogP contribution is 2.11. The van der Waals surface area contributed by atoms with E-state index in [0.29, 0.717) is 0 Å². The second-order valence-electron chi connectivity index (χ2n) is 2.82. The lowest BCUT2D eigenvalue weighted by Gasteiger charge is -2.27. The number of hydrogen-bond donors (Lipinski definition) is 0. The molecule has 0 N–H and O–H groups in total. The van der Waals surface area contributed by atoms with Gasteiger partial charge in [0.05, 0.1) is 19.4 Å². The second-order valence-corrected chi connectivity index (χ2v) is 2.82. The average molecular weight is 168 g/mol. The lowest BCUT2D eigenvalue weighted by Crippen LogP contribution is -2.37. The van der Waals surface area contributed by atoms with Gasteiger partial charge >= 0.3 is 0 Å². The number of nitrogens with zero attached hydrogens (tertiary/aromatic N) is 4. The SMILES string of the molecule is Cn1nncc1N1CCOCC1. The van der Waals surface area contributed by atoms with Crippen LogP contribution in [-0.2, 0) is 11.8 Å². The second kappa shape index (κ2) is 3.10. The molecule has 0 unspecified atom stereocenters. The molecular weight excluding hydrogens is 156 g/mol. The first kappa shape index (κ1) is 7.54. The van der Waals surface area contributed by atoms with Gasteiger partial charge in [-0.05, 0) is 0 Å². The van der Waals surface area contributed by atoms with Gasteiger partial charge in [0.15, 0.2) is 0 Å². The van der Waals surface area contributed by atoms with Crippen molar-refractivity contribution in [2.45, 2.75) is 0 Å². The van der Waals surface area contributed by atoms with Crippen molar-refractivity contribution in [3.05, 3.63) is 6.20 Å². The van der Waals surface area contributed by atoms with Crippen molar-refractivity contribution in [3.63, 3.8) is 0 Å². The van der Waals surface area contributed by atoms with E-state index in [1.165, 1.54) is 0 Å². The van der Waals surface area contributed by atoms with E-state index in [-0.39, 0.29) is 0 Å². The summed E-state index contributed by atoms with van der Waals surface area (Å²) in [5.74, 6) is 1.07. The van der Waals surface area contributed by atoms with Crippen LogP contribution < -0.4 is 4.90 Å². The Balaban J connectivity index is 2.13. The van der Waals surface area contributed by atoms with Gasteiger partial charge in [0, 0.05) is 20.1 Å². The number of morpholine rings is 1. The average Bonchev–Trinajstić information content (AvgIpc) is 2.53. The van der Waals surface area contributed by atoms with Gasteiger partial charge in [-0.1, -0.05) is 5.21 Å². The lowest BCUT2D eigenvalue weighted by atomic mass is 10.4. The monoisotopic (exact) mass is 168 g/mol. The molecule has 1 aromatic heterocycles. The first-order valence-electron chi connectivity index (χ1n) is 4.05. The van der Waals surface area contributed by atoms with E-state index >= 15 is 0 Å². The molecule has 66 valence electrons. The van der Waals surface area contributed by atoms with Crippen LogP contribution in [0.2, 0.25) is 0 Å². The molecule has 1 fully saturated rings. The molecule has 0 aromatic carbocycles. The Labute approximate surface area is 70.9 Å².